The molecule has 0 atom stereocenters. The highest BCUT2D eigenvalue weighted by atomic mass is 19.3. The Bertz CT molecular complexity index is 496. The molecular weight excluding hydrogens is 238 g/mol. The van der Waals surface area contributed by atoms with Crippen molar-refractivity contribution in [3.8, 4) is 5.69 Å². The number of rotatable bonds is 5. The highest BCUT2D eigenvalue weighted by molar-refractivity contribution is 5.33. The quantitative estimate of drug-likeness (QED) is 0.888. The molecule has 1 N–H and O–H groups in total. The van der Waals surface area contributed by atoms with Crippen molar-refractivity contribution in [2.24, 2.45) is 0 Å². The summed E-state index contributed by atoms with van der Waals surface area (Å²) in [6.45, 7) is 3.04. The molecule has 2 aromatic heterocycles. The zero-order valence-electron chi connectivity index (χ0n) is 9.98. The third-order valence-electron chi connectivity index (χ3n) is 2.57. The van der Waals surface area contributed by atoms with Gasteiger partial charge in [0.15, 0.2) is 0 Å². The van der Waals surface area contributed by atoms with Gasteiger partial charge in [0.05, 0.1) is 11.9 Å². The fourth-order valence-electron chi connectivity index (χ4n) is 1.71. The maximum atomic E-state index is 13.1. The second-order valence-corrected chi connectivity index (χ2v) is 3.75. The van der Waals surface area contributed by atoms with E-state index in [-0.39, 0.29) is 5.69 Å². The number of pyridine rings is 1. The van der Waals surface area contributed by atoms with Gasteiger partial charge in [0.2, 0.25) is 0 Å². The molecule has 6 heteroatoms. The van der Waals surface area contributed by atoms with Gasteiger partial charge in [-0.3, -0.25) is 4.98 Å². The van der Waals surface area contributed by atoms with Gasteiger partial charge in [-0.25, -0.2) is 13.5 Å². The molecule has 0 spiro atoms. The van der Waals surface area contributed by atoms with Gasteiger partial charge in [0.1, 0.15) is 5.69 Å². The maximum absolute atomic E-state index is 13.1. The number of halogens is 2. The summed E-state index contributed by atoms with van der Waals surface area (Å²) in [5.41, 5.74) is 1.04. The molecule has 0 saturated carbocycles. The molecule has 0 radical (unpaired) electrons. The molecule has 2 aromatic rings. The van der Waals surface area contributed by atoms with Crippen LogP contribution < -0.4 is 5.32 Å². The molecule has 18 heavy (non-hydrogen) atoms. The van der Waals surface area contributed by atoms with Gasteiger partial charge in [0, 0.05) is 24.5 Å². The first-order valence-corrected chi connectivity index (χ1v) is 5.70. The Labute approximate surface area is 104 Å². The summed E-state index contributed by atoms with van der Waals surface area (Å²) in [5, 5.41) is 7.06. The van der Waals surface area contributed by atoms with Crippen molar-refractivity contribution < 1.29 is 8.78 Å². The van der Waals surface area contributed by atoms with Crippen LogP contribution in [0.4, 0.5) is 8.78 Å². The predicted molar refractivity (Wildman–Crippen MR) is 63.7 cm³/mol. The Kier molecular flexibility index (Phi) is 3.99. The van der Waals surface area contributed by atoms with E-state index >= 15 is 0 Å². The Morgan fingerprint density at radius 1 is 1.33 bits per heavy atom. The predicted octanol–water partition coefficient (Wildman–Crippen LogP) is 2.31. The minimum atomic E-state index is -2.56. The SMILES string of the molecule is CCNCc1cnn(-c2ccncc2)c1C(F)F. The zero-order chi connectivity index (χ0) is 13.0. The summed E-state index contributed by atoms with van der Waals surface area (Å²) in [4.78, 5) is 3.86. The number of aromatic nitrogens is 3. The van der Waals surface area contributed by atoms with Crippen LogP contribution >= 0.6 is 0 Å². The molecule has 0 bridgehead atoms. The monoisotopic (exact) mass is 252 g/mol. The lowest BCUT2D eigenvalue weighted by atomic mass is 10.2. The third-order valence-corrected chi connectivity index (χ3v) is 2.57. The van der Waals surface area contributed by atoms with Gasteiger partial charge in [-0.15, -0.1) is 0 Å². The summed E-state index contributed by atoms with van der Waals surface area (Å²) in [5.74, 6) is 0. The second-order valence-electron chi connectivity index (χ2n) is 3.75. The normalized spacial score (nSPS) is 11.1. The molecule has 96 valence electrons. The van der Waals surface area contributed by atoms with Crippen LogP contribution in [0.15, 0.2) is 30.7 Å². The van der Waals surface area contributed by atoms with Crippen molar-refractivity contribution in [3.05, 3.63) is 42.0 Å². The Morgan fingerprint density at radius 2 is 2.06 bits per heavy atom. The van der Waals surface area contributed by atoms with E-state index in [0.29, 0.717) is 17.8 Å². The molecule has 0 aliphatic carbocycles. The Hall–Kier alpha value is -1.82. The maximum Gasteiger partial charge on any atom is 0.280 e. The van der Waals surface area contributed by atoms with Crippen LogP contribution in [-0.2, 0) is 6.54 Å². The minimum absolute atomic E-state index is 0.0675. The largest absolute Gasteiger partial charge is 0.313 e. The molecule has 0 aliphatic rings. The van der Waals surface area contributed by atoms with Crippen molar-refractivity contribution in [3.63, 3.8) is 0 Å². The van der Waals surface area contributed by atoms with Crippen LogP contribution in [0.1, 0.15) is 24.6 Å². The summed E-state index contributed by atoms with van der Waals surface area (Å²) in [6.07, 6.45) is 2.02. The summed E-state index contributed by atoms with van der Waals surface area (Å²) in [7, 11) is 0. The summed E-state index contributed by atoms with van der Waals surface area (Å²) < 4.78 is 27.5. The first kappa shape index (κ1) is 12.6. The topological polar surface area (TPSA) is 42.7 Å². The molecule has 4 nitrogen and oxygen atoms in total. The fourth-order valence-corrected chi connectivity index (χ4v) is 1.71. The van der Waals surface area contributed by atoms with Gasteiger partial charge >= 0.3 is 0 Å². The van der Waals surface area contributed by atoms with E-state index in [1.807, 2.05) is 6.92 Å². The molecule has 2 heterocycles. The van der Waals surface area contributed by atoms with Crippen molar-refractivity contribution in [1.29, 1.82) is 0 Å². The average Bonchev–Trinajstić information content (AvgIpc) is 2.81. The number of hydrogen-bond acceptors (Lipinski definition) is 3. The van der Waals surface area contributed by atoms with Gasteiger partial charge in [-0.2, -0.15) is 5.10 Å². The molecular formula is C12H14F2N4. The molecule has 0 aliphatic heterocycles. The van der Waals surface area contributed by atoms with E-state index in [2.05, 4.69) is 15.4 Å². The molecule has 0 aromatic carbocycles. The average molecular weight is 252 g/mol. The zero-order valence-corrected chi connectivity index (χ0v) is 9.98. The minimum Gasteiger partial charge on any atom is -0.313 e. The number of nitrogens with one attached hydrogen (secondary N) is 1. The van der Waals surface area contributed by atoms with Crippen LogP contribution in [0.5, 0.6) is 0 Å². The van der Waals surface area contributed by atoms with Crippen molar-refractivity contribution in [2.75, 3.05) is 6.54 Å². The lowest BCUT2D eigenvalue weighted by molar-refractivity contribution is 0.141. The summed E-state index contributed by atoms with van der Waals surface area (Å²) in [6, 6.07) is 3.30. The lowest BCUT2D eigenvalue weighted by Gasteiger charge is -2.08. The highest BCUT2D eigenvalue weighted by Gasteiger charge is 2.20. The van der Waals surface area contributed by atoms with E-state index in [4.69, 9.17) is 0 Å². The number of hydrogen-bond donors (Lipinski definition) is 1. The van der Waals surface area contributed by atoms with Gasteiger partial charge in [-0.1, -0.05) is 6.92 Å². The van der Waals surface area contributed by atoms with Crippen LogP contribution in [0.2, 0.25) is 0 Å². The van der Waals surface area contributed by atoms with Crippen LogP contribution in [0.25, 0.3) is 5.69 Å². The van der Waals surface area contributed by atoms with E-state index in [1.165, 1.54) is 10.9 Å². The van der Waals surface area contributed by atoms with E-state index < -0.39 is 6.43 Å². The van der Waals surface area contributed by atoms with Gasteiger partial charge < -0.3 is 5.32 Å². The van der Waals surface area contributed by atoms with Crippen LogP contribution in [0.3, 0.4) is 0 Å². The lowest BCUT2D eigenvalue weighted by Crippen LogP contribution is -2.13. The third kappa shape index (κ3) is 2.53. The molecule has 2 rings (SSSR count). The standard InChI is InChI=1S/C12H14F2N4/c1-2-15-7-9-8-17-18(11(9)12(13)14)10-3-5-16-6-4-10/h3-6,8,12,15H,2,7H2,1H3. The molecule has 0 unspecified atom stereocenters. The van der Waals surface area contributed by atoms with E-state index in [1.54, 1.807) is 24.5 Å². The van der Waals surface area contributed by atoms with Gasteiger partial charge in [-0.05, 0) is 18.7 Å². The number of nitrogens with zero attached hydrogens (tertiary/aromatic N) is 3. The summed E-state index contributed by atoms with van der Waals surface area (Å²) >= 11 is 0. The molecule has 0 amide bonds. The second kappa shape index (κ2) is 5.68. The van der Waals surface area contributed by atoms with E-state index in [9.17, 15) is 8.78 Å². The Morgan fingerprint density at radius 3 is 2.67 bits per heavy atom. The smallest absolute Gasteiger partial charge is 0.280 e. The van der Waals surface area contributed by atoms with Gasteiger partial charge in [0.25, 0.3) is 6.43 Å². The highest BCUT2D eigenvalue weighted by Crippen LogP contribution is 2.25. The number of alkyl halides is 2. The molecule has 0 fully saturated rings. The first-order chi connectivity index (χ1) is 8.74. The first-order valence-electron chi connectivity index (χ1n) is 5.70. The van der Waals surface area contributed by atoms with Crippen LogP contribution in [-0.4, -0.2) is 21.3 Å². The van der Waals surface area contributed by atoms with E-state index in [0.717, 1.165) is 6.54 Å². The van der Waals surface area contributed by atoms with Crippen molar-refractivity contribution >= 4 is 0 Å². The Balaban J connectivity index is 2.39. The fraction of sp³-hybridized carbons (Fsp3) is 0.333. The molecule has 0 saturated heterocycles. The van der Waals surface area contributed by atoms with Crippen molar-refractivity contribution in [1.82, 2.24) is 20.1 Å². The van der Waals surface area contributed by atoms with Crippen molar-refractivity contribution in [2.45, 2.75) is 19.9 Å². The van der Waals surface area contributed by atoms with Crippen LogP contribution in [0, 0.1) is 0 Å².